The summed E-state index contributed by atoms with van der Waals surface area (Å²) in [6.07, 6.45) is 7.21. The van der Waals surface area contributed by atoms with Gasteiger partial charge in [0.25, 0.3) is 0 Å². The van der Waals surface area contributed by atoms with E-state index in [0.29, 0.717) is 5.92 Å². The summed E-state index contributed by atoms with van der Waals surface area (Å²) in [5.41, 5.74) is 1.41. The van der Waals surface area contributed by atoms with Gasteiger partial charge in [-0.25, -0.2) is 0 Å². The molecule has 89 valence electrons. The predicted molar refractivity (Wildman–Crippen MR) is 62.4 cm³/mol. The molecule has 0 aliphatic heterocycles. The molecule has 0 bridgehead atoms. The van der Waals surface area contributed by atoms with Crippen molar-refractivity contribution in [3.8, 4) is 0 Å². The summed E-state index contributed by atoms with van der Waals surface area (Å²) in [4.78, 5) is 0. The first-order valence-electron chi connectivity index (χ1n) is 5.25. The van der Waals surface area contributed by atoms with Crippen LogP contribution in [0.2, 0.25) is 0 Å². The van der Waals surface area contributed by atoms with Gasteiger partial charge in [0.2, 0.25) is 0 Å². The normalized spacial score (nSPS) is 12.6. The van der Waals surface area contributed by atoms with Gasteiger partial charge in [-0.2, -0.15) is 0 Å². The topological polar surface area (TPSA) is 0 Å². The van der Waals surface area contributed by atoms with Crippen LogP contribution in [-0.2, 0) is 33.1 Å². The third-order valence-corrected chi connectivity index (χ3v) is 2.59. The molecule has 2 rings (SSSR count). The second-order valence-electron chi connectivity index (χ2n) is 3.80. The van der Waals surface area contributed by atoms with E-state index in [1.54, 1.807) is 0 Å². The molecule has 0 heterocycles. The molecule has 0 saturated heterocycles. The van der Waals surface area contributed by atoms with E-state index >= 15 is 0 Å². The van der Waals surface area contributed by atoms with Crippen LogP contribution in [0.1, 0.15) is 31.7 Å². The molecule has 0 atom stereocenters. The van der Waals surface area contributed by atoms with Gasteiger partial charge in [-0.15, -0.1) is 0 Å². The van der Waals surface area contributed by atoms with Gasteiger partial charge in [0.05, 0.1) is 0 Å². The molecule has 0 radical (unpaired) electrons. The number of hydrogen-bond acceptors (Lipinski definition) is 0. The van der Waals surface area contributed by atoms with Crippen LogP contribution in [-0.4, -0.2) is 0 Å². The molecule has 1 aliphatic rings. The zero-order valence-electron chi connectivity index (χ0n) is 9.61. The van der Waals surface area contributed by atoms with Gasteiger partial charge in [0, 0.05) is 17.1 Å². The summed E-state index contributed by atoms with van der Waals surface area (Å²) in [5, 5.41) is 0. The standard InChI is InChI=1S/C9H12.C5H5.2Fe/c1-8(2)9-6-4-3-5-7-9;1-2-4-5-3-1;;/h3-8H,1-2H3;1-3H,4H2;;. The maximum absolute atomic E-state index is 3.74. The minimum absolute atomic E-state index is 0. The fourth-order valence-corrected chi connectivity index (χ4v) is 1.49. The first-order chi connectivity index (χ1) is 7.20. The molecule has 0 unspecified atom stereocenters. The van der Waals surface area contributed by atoms with E-state index in [4.69, 9.17) is 0 Å². The number of benzene rings is 1. The second kappa shape index (κ2) is 8.84. The molecule has 0 nitrogen and oxygen atoms in total. The Kier molecular flexibility index (Phi) is 8.70. The van der Waals surface area contributed by atoms with Gasteiger partial charge in [0.1, 0.15) is 0 Å². The minimum atomic E-state index is 0. The molecular formula is C14H17Fe2. The monoisotopic (exact) mass is 297 g/mol. The Morgan fingerprint density at radius 2 is 1.75 bits per heavy atom. The van der Waals surface area contributed by atoms with Gasteiger partial charge in [-0.05, 0) is 11.5 Å². The van der Waals surface area contributed by atoms with Crippen LogP contribution in [0.5, 0.6) is 0 Å². The molecule has 1 aromatic carbocycles. The van der Waals surface area contributed by atoms with Crippen LogP contribution in [0, 0.1) is 0 Å². The SMILES string of the molecule is CC(C)c1ccccc1.[Fe].[Fe][C]1=CC=CC1. The van der Waals surface area contributed by atoms with Gasteiger partial charge < -0.3 is 0 Å². The van der Waals surface area contributed by atoms with Crippen LogP contribution in [0.4, 0.5) is 0 Å². The Morgan fingerprint density at radius 3 is 2.00 bits per heavy atom. The van der Waals surface area contributed by atoms with Crippen LogP contribution in [0.15, 0.2) is 53.0 Å². The first-order valence-corrected chi connectivity index (χ1v) is 5.80. The molecule has 0 aromatic heterocycles. The molecule has 1 aromatic rings. The zero-order chi connectivity index (χ0) is 11.1. The van der Waals surface area contributed by atoms with Crippen molar-refractivity contribution in [3.63, 3.8) is 0 Å². The molecule has 0 N–H and O–H groups in total. The molecular weight excluding hydrogens is 280 g/mol. The quantitative estimate of drug-likeness (QED) is 0.682. The van der Waals surface area contributed by atoms with Crippen molar-refractivity contribution in [1.82, 2.24) is 0 Å². The van der Waals surface area contributed by atoms with Crippen molar-refractivity contribution < 1.29 is 33.1 Å². The average molecular weight is 297 g/mol. The van der Waals surface area contributed by atoms with Crippen molar-refractivity contribution >= 4 is 0 Å². The zero-order valence-corrected chi connectivity index (χ0v) is 11.8. The summed E-state index contributed by atoms with van der Waals surface area (Å²) in [6, 6.07) is 10.5. The summed E-state index contributed by atoms with van der Waals surface area (Å²) in [7, 11) is 0. The van der Waals surface area contributed by atoms with Crippen LogP contribution >= 0.6 is 0 Å². The van der Waals surface area contributed by atoms with E-state index in [0.717, 1.165) is 6.42 Å². The third-order valence-electron chi connectivity index (χ3n) is 2.18. The van der Waals surface area contributed by atoms with Gasteiger partial charge >= 0.3 is 45.1 Å². The number of allylic oxidation sites excluding steroid dienone is 4. The Bertz CT molecular complexity index is 337. The van der Waals surface area contributed by atoms with Crippen molar-refractivity contribution in [1.29, 1.82) is 0 Å². The fourth-order valence-electron chi connectivity index (χ4n) is 1.25. The molecule has 1 aliphatic carbocycles. The van der Waals surface area contributed by atoms with Crippen molar-refractivity contribution in [2.45, 2.75) is 26.2 Å². The van der Waals surface area contributed by atoms with Crippen LogP contribution < -0.4 is 0 Å². The second-order valence-corrected chi connectivity index (χ2v) is 4.50. The molecule has 0 spiro atoms. The summed E-state index contributed by atoms with van der Waals surface area (Å²) < 4.78 is 1.22. The first kappa shape index (κ1) is 15.7. The molecule has 0 amide bonds. The van der Waals surface area contributed by atoms with E-state index < -0.39 is 0 Å². The number of hydrogen-bond donors (Lipinski definition) is 0. The Labute approximate surface area is 118 Å². The van der Waals surface area contributed by atoms with Gasteiger partial charge in [-0.1, -0.05) is 44.2 Å². The molecule has 2 heteroatoms. The van der Waals surface area contributed by atoms with Gasteiger partial charge in [0.15, 0.2) is 0 Å². The van der Waals surface area contributed by atoms with Crippen LogP contribution in [0.25, 0.3) is 0 Å². The summed E-state index contributed by atoms with van der Waals surface area (Å²) >= 11 is 3.74. The third kappa shape index (κ3) is 6.35. The molecule has 16 heavy (non-hydrogen) atoms. The van der Waals surface area contributed by atoms with E-state index in [-0.39, 0.29) is 17.1 Å². The predicted octanol–water partition coefficient (Wildman–Crippen LogP) is 4.18. The Hall–Kier alpha value is -0.261. The average Bonchev–Trinajstić information content (AvgIpc) is 2.71. The van der Waals surface area contributed by atoms with E-state index in [9.17, 15) is 0 Å². The maximum atomic E-state index is 3.74. The van der Waals surface area contributed by atoms with Crippen molar-refractivity contribution in [2.24, 2.45) is 0 Å². The van der Waals surface area contributed by atoms with E-state index in [1.165, 1.54) is 10.0 Å². The van der Waals surface area contributed by atoms with Crippen LogP contribution in [0.3, 0.4) is 0 Å². The number of rotatable bonds is 1. The Morgan fingerprint density at radius 1 is 1.12 bits per heavy atom. The van der Waals surface area contributed by atoms with Gasteiger partial charge in [-0.3, -0.25) is 0 Å². The van der Waals surface area contributed by atoms with Crippen molar-refractivity contribution in [3.05, 3.63) is 58.6 Å². The molecule has 0 fully saturated rings. The summed E-state index contributed by atoms with van der Waals surface area (Å²) in [6.45, 7) is 4.41. The fraction of sp³-hybridized carbons (Fsp3) is 0.286. The van der Waals surface area contributed by atoms with Crippen molar-refractivity contribution in [2.75, 3.05) is 0 Å². The van der Waals surface area contributed by atoms with E-state index in [1.807, 2.05) is 18.2 Å². The summed E-state index contributed by atoms with van der Waals surface area (Å²) in [5.74, 6) is 0.659. The molecule has 0 saturated carbocycles. The Balaban J connectivity index is 0.000000283. The van der Waals surface area contributed by atoms with E-state index in [2.05, 4.69) is 60.2 Å².